The van der Waals surface area contributed by atoms with E-state index in [-0.39, 0.29) is 5.41 Å². The van der Waals surface area contributed by atoms with Gasteiger partial charge < -0.3 is 10.2 Å². The van der Waals surface area contributed by atoms with Crippen molar-refractivity contribution in [2.75, 3.05) is 26.0 Å². The Morgan fingerprint density at radius 3 is 2.30 bits per heavy atom. The zero-order valence-electron chi connectivity index (χ0n) is 13.7. The highest BCUT2D eigenvalue weighted by Gasteiger charge is 2.35. The molecular formula is C17H29N3. The maximum absolute atomic E-state index is 4.57. The van der Waals surface area contributed by atoms with Gasteiger partial charge in [0.25, 0.3) is 0 Å². The molecule has 0 bridgehead atoms. The Bertz CT molecular complexity index is 423. The third-order valence-corrected chi connectivity index (χ3v) is 4.71. The summed E-state index contributed by atoms with van der Waals surface area (Å²) in [6, 6.07) is 4.30. The van der Waals surface area contributed by atoms with E-state index in [4.69, 9.17) is 0 Å². The molecule has 1 saturated carbocycles. The summed E-state index contributed by atoms with van der Waals surface area (Å²) in [7, 11) is 4.40. The predicted octanol–water partition coefficient (Wildman–Crippen LogP) is 3.67. The van der Waals surface area contributed by atoms with Crippen LogP contribution in [0.25, 0.3) is 0 Å². The standard InChI is InChI=1S/C17H29N3/c1-16(2,3)14-8-9-15(18-12-14)19-13-17(20(4)5)10-6-7-11-17/h8-9,12H,6-7,10-11,13H2,1-5H3,(H,18,19). The molecule has 1 N–H and O–H groups in total. The lowest BCUT2D eigenvalue weighted by atomic mass is 9.88. The summed E-state index contributed by atoms with van der Waals surface area (Å²) >= 11 is 0. The van der Waals surface area contributed by atoms with Crippen LogP contribution in [0.15, 0.2) is 18.3 Å². The van der Waals surface area contributed by atoms with E-state index in [2.05, 4.69) is 62.2 Å². The van der Waals surface area contributed by atoms with Gasteiger partial charge in [-0.1, -0.05) is 39.7 Å². The normalized spacial score (nSPS) is 18.5. The van der Waals surface area contributed by atoms with Crippen molar-refractivity contribution in [3.05, 3.63) is 23.9 Å². The Morgan fingerprint density at radius 2 is 1.85 bits per heavy atom. The van der Waals surface area contributed by atoms with E-state index in [9.17, 15) is 0 Å². The number of likely N-dealkylation sites (N-methyl/N-ethyl adjacent to an activating group) is 1. The van der Waals surface area contributed by atoms with E-state index in [1.54, 1.807) is 0 Å². The van der Waals surface area contributed by atoms with E-state index in [0.717, 1.165) is 12.4 Å². The molecule has 0 atom stereocenters. The molecule has 3 nitrogen and oxygen atoms in total. The van der Waals surface area contributed by atoms with Crippen LogP contribution in [-0.2, 0) is 5.41 Å². The predicted molar refractivity (Wildman–Crippen MR) is 86.3 cm³/mol. The van der Waals surface area contributed by atoms with Gasteiger partial charge in [0.2, 0.25) is 0 Å². The maximum atomic E-state index is 4.57. The molecule has 1 aliphatic rings. The number of nitrogens with zero attached hydrogens (tertiary/aromatic N) is 2. The van der Waals surface area contributed by atoms with Crippen LogP contribution >= 0.6 is 0 Å². The highest BCUT2D eigenvalue weighted by atomic mass is 15.2. The topological polar surface area (TPSA) is 28.2 Å². The summed E-state index contributed by atoms with van der Waals surface area (Å²) in [5.41, 5.74) is 1.76. The van der Waals surface area contributed by atoms with Gasteiger partial charge >= 0.3 is 0 Å². The third kappa shape index (κ3) is 3.32. The zero-order chi connectivity index (χ0) is 14.8. The fraction of sp³-hybridized carbons (Fsp3) is 0.706. The quantitative estimate of drug-likeness (QED) is 0.909. The molecule has 2 rings (SSSR count). The number of pyridine rings is 1. The van der Waals surface area contributed by atoms with Gasteiger partial charge in [-0.15, -0.1) is 0 Å². The highest BCUT2D eigenvalue weighted by Crippen LogP contribution is 2.33. The van der Waals surface area contributed by atoms with Crippen molar-refractivity contribution in [2.24, 2.45) is 0 Å². The van der Waals surface area contributed by atoms with E-state index < -0.39 is 0 Å². The average Bonchev–Trinajstić information content (AvgIpc) is 2.86. The van der Waals surface area contributed by atoms with Gasteiger partial charge in [0.15, 0.2) is 0 Å². The molecule has 0 radical (unpaired) electrons. The molecule has 112 valence electrons. The molecule has 0 aliphatic heterocycles. The lowest BCUT2D eigenvalue weighted by Gasteiger charge is -2.36. The van der Waals surface area contributed by atoms with Crippen molar-refractivity contribution in [3.8, 4) is 0 Å². The van der Waals surface area contributed by atoms with Crippen molar-refractivity contribution in [2.45, 2.75) is 57.4 Å². The maximum Gasteiger partial charge on any atom is 0.125 e. The average molecular weight is 275 g/mol. The van der Waals surface area contributed by atoms with Gasteiger partial charge in [0.05, 0.1) is 0 Å². The van der Waals surface area contributed by atoms with Gasteiger partial charge in [-0.3, -0.25) is 0 Å². The van der Waals surface area contributed by atoms with E-state index in [1.807, 2.05) is 6.20 Å². The molecule has 1 heterocycles. The lowest BCUT2D eigenvalue weighted by molar-refractivity contribution is 0.172. The van der Waals surface area contributed by atoms with Crippen LogP contribution in [0.2, 0.25) is 0 Å². The molecule has 0 amide bonds. The lowest BCUT2D eigenvalue weighted by Crippen LogP contribution is -2.47. The fourth-order valence-corrected chi connectivity index (χ4v) is 3.01. The van der Waals surface area contributed by atoms with Crippen LogP contribution in [0, 0.1) is 0 Å². The van der Waals surface area contributed by atoms with E-state index in [0.29, 0.717) is 5.54 Å². The van der Waals surface area contributed by atoms with Crippen LogP contribution in [0.5, 0.6) is 0 Å². The Labute approximate surface area is 123 Å². The number of aromatic nitrogens is 1. The second-order valence-electron chi connectivity index (χ2n) is 7.36. The third-order valence-electron chi connectivity index (χ3n) is 4.71. The highest BCUT2D eigenvalue weighted by molar-refractivity contribution is 5.37. The van der Waals surface area contributed by atoms with Gasteiger partial charge in [-0.2, -0.15) is 0 Å². The van der Waals surface area contributed by atoms with Crippen LogP contribution in [0.1, 0.15) is 52.0 Å². The molecular weight excluding hydrogens is 246 g/mol. The molecule has 0 unspecified atom stereocenters. The Kier molecular flexibility index (Phi) is 4.38. The van der Waals surface area contributed by atoms with Crippen molar-refractivity contribution in [3.63, 3.8) is 0 Å². The number of hydrogen-bond acceptors (Lipinski definition) is 3. The van der Waals surface area contributed by atoms with Gasteiger partial charge in [-0.05, 0) is 44.0 Å². The van der Waals surface area contributed by atoms with Crippen LogP contribution in [-0.4, -0.2) is 36.1 Å². The minimum atomic E-state index is 0.168. The Morgan fingerprint density at radius 1 is 1.20 bits per heavy atom. The van der Waals surface area contributed by atoms with Crippen molar-refractivity contribution >= 4 is 5.82 Å². The minimum absolute atomic E-state index is 0.168. The summed E-state index contributed by atoms with van der Waals surface area (Å²) in [4.78, 5) is 6.95. The Balaban J connectivity index is 2.00. The summed E-state index contributed by atoms with van der Waals surface area (Å²) in [5, 5.41) is 3.53. The van der Waals surface area contributed by atoms with Crippen LogP contribution in [0.4, 0.5) is 5.82 Å². The molecule has 0 spiro atoms. The number of hydrogen-bond donors (Lipinski definition) is 1. The molecule has 1 aromatic rings. The first-order valence-electron chi connectivity index (χ1n) is 7.71. The Hall–Kier alpha value is -1.09. The molecule has 1 aliphatic carbocycles. The summed E-state index contributed by atoms with van der Waals surface area (Å²) in [5.74, 6) is 0.992. The van der Waals surface area contributed by atoms with Gasteiger partial charge in [0.1, 0.15) is 5.82 Å². The van der Waals surface area contributed by atoms with Crippen LogP contribution in [0.3, 0.4) is 0 Å². The zero-order valence-corrected chi connectivity index (χ0v) is 13.7. The van der Waals surface area contributed by atoms with Crippen molar-refractivity contribution in [1.29, 1.82) is 0 Å². The largest absolute Gasteiger partial charge is 0.368 e. The molecule has 0 saturated heterocycles. The summed E-state index contributed by atoms with van der Waals surface area (Å²) in [6.07, 6.45) is 7.26. The van der Waals surface area contributed by atoms with Crippen molar-refractivity contribution < 1.29 is 0 Å². The molecule has 1 aromatic heterocycles. The first-order valence-corrected chi connectivity index (χ1v) is 7.71. The molecule has 1 fully saturated rings. The molecule has 20 heavy (non-hydrogen) atoms. The molecule has 3 heteroatoms. The number of nitrogens with one attached hydrogen (secondary N) is 1. The van der Waals surface area contributed by atoms with Crippen LogP contribution < -0.4 is 5.32 Å². The van der Waals surface area contributed by atoms with Gasteiger partial charge in [-0.25, -0.2) is 4.98 Å². The second-order valence-corrected chi connectivity index (χ2v) is 7.36. The smallest absolute Gasteiger partial charge is 0.125 e. The number of anilines is 1. The number of rotatable bonds is 4. The van der Waals surface area contributed by atoms with E-state index in [1.165, 1.54) is 31.2 Å². The summed E-state index contributed by atoms with van der Waals surface area (Å²) < 4.78 is 0. The first kappa shape index (κ1) is 15.3. The van der Waals surface area contributed by atoms with Gasteiger partial charge in [0, 0.05) is 18.3 Å². The monoisotopic (exact) mass is 275 g/mol. The van der Waals surface area contributed by atoms with Crippen molar-refractivity contribution in [1.82, 2.24) is 9.88 Å². The first-order chi connectivity index (χ1) is 9.33. The molecule has 0 aromatic carbocycles. The SMILES string of the molecule is CN(C)C1(CNc2ccc(C(C)(C)C)cn2)CCCC1. The second kappa shape index (κ2) is 5.72. The minimum Gasteiger partial charge on any atom is -0.368 e. The van der Waals surface area contributed by atoms with E-state index >= 15 is 0 Å². The summed E-state index contributed by atoms with van der Waals surface area (Å²) in [6.45, 7) is 7.64. The fourth-order valence-electron chi connectivity index (χ4n) is 3.01.